The van der Waals surface area contributed by atoms with Crippen LogP contribution in [0.5, 0.6) is 0 Å². The van der Waals surface area contributed by atoms with E-state index in [-0.39, 0.29) is 12.3 Å². The summed E-state index contributed by atoms with van der Waals surface area (Å²) in [5.41, 5.74) is 1.28. The molecule has 0 spiro atoms. The molecule has 2 N–H and O–H groups in total. The van der Waals surface area contributed by atoms with Crippen LogP contribution in [0, 0.1) is 0 Å². The van der Waals surface area contributed by atoms with E-state index in [1.807, 2.05) is 13.8 Å². The van der Waals surface area contributed by atoms with Crippen LogP contribution in [0.3, 0.4) is 0 Å². The number of benzene rings is 1. The van der Waals surface area contributed by atoms with E-state index in [0.29, 0.717) is 37.0 Å². The van der Waals surface area contributed by atoms with Gasteiger partial charge in [-0.25, -0.2) is 4.79 Å². The van der Waals surface area contributed by atoms with Crippen LogP contribution in [0.25, 0.3) is 0 Å². The third-order valence-electron chi connectivity index (χ3n) is 2.79. The van der Waals surface area contributed by atoms with Crippen molar-refractivity contribution >= 4 is 29.0 Å². The predicted molar refractivity (Wildman–Crippen MR) is 93.7 cm³/mol. The number of ether oxygens (including phenoxy) is 3. The van der Waals surface area contributed by atoms with Crippen LogP contribution in [0.1, 0.15) is 31.1 Å². The zero-order chi connectivity index (χ0) is 17.1. The van der Waals surface area contributed by atoms with Crippen molar-refractivity contribution in [2.75, 3.05) is 31.7 Å². The van der Waals surface area contributed by atoms with Gasteiger partial charge in [0.1, 0.15) is 0 Å². The molecular weight excluding hydrogens is 316 g/mol. The van der Waals surface area contributed by atoms with E-state index >= 15 is 0 Å². The monoisotopic (exact) mass is 340 g/mol. The smallest absolute Gasteiger partial charge is 0.338 e. The second-order valence-corrected chi connectivity index (χ2v) is 4.88. The molecule has 1 aromatic carbocycles. The molecule has 7 heteroatoms. The van der Waals surface area contributed by atoms with E-state index in [1.54, 1.807) is 31.2 Å². The van der Waals surface area contributed by atoms with Gasteiger partial charge in [0.2, 0.25) is 0 Å². The third kappa shape index (κ3) is 7.40. The molecule has 0 atom stereocenters. The van der Waals surface area contributed by atoms with Crippen molar-refractivity contribution < 1.29 is 19.0 Å². The molecule has 0 saturated carbocycles. The second-order valence-electron chi connectivity index (χ2n) is 4.47. The number of carbonyl (C=O) groups excluding carboxylic acids is 1. The number of hydrogen-bond acceptors (Lipinski definition) is 5. The maximum absolute atomic E-state index is 11.6. The van der Waals surface area contributed by atoms with Crippen molar-refractivity contribution in [2.45, 2.75) is 27.1 Å². The Balaban J connectivity index is 2.46. The van der Waals surface area contributed by atoms with Crippen LogP contribution in [-0.2, 0) is 14.2 Å². The first-order valence-corrected chi connectivity index (χ1v) is 8.06. The fourth-order valence-electron chi connectivity index (χ4n) is 1.79. The van der Waals surface area contributed by atoms with Gasteiger partial charge in [-0.3, -0.25) is 0 Å². The van der Waals surface area contributed by atoms with Crippen LogP contribution in [0.2, 0.25) is 0 Å². The lowest BCUT2D eigenvalue weighted by atomic mass is 10.2. The van der Waals surface area contributed by atoms with Crippen LogP contribution in [0.4, 0.5) is 5.69 Å². The minimum atomic E-state index is -0.337. The van der Waals surface area contributed by atoms with Gasteiger partial charge in [-0.1, -0.05) is 0 Å². The van der Waals surface area contributed by atoms with Gasteiger partial charge in [0.25, 0.3) is 0 Å². The summed E-state index contributed by atoms with van der Waals surface area (Å²) in [7, 11) is 0. The van der Waals surface area contributed by atoms with Gasteiger partial charge in [-0.15, -0.1) is 0 Å². The Morgan fingerprint density at radius 2 is 1.70 bits per heavy atom. The molecule has 0 saturated heterocycles. The fraction of sp³-hybridized carbons (Fsp3) is 0.500. The van der Waals surface area contributed by atoms with Gasteiger partial charge in [0.15, 0.2) is 11.4 Å². The Morgan fingerprint density at radius 3 is 2.22 bits per heavy atom. The maximum Gasteiger partial charge on any atom is 0.338 e. The lowest BCUT2D eigenvalue weighted by Gasteiger charge is -2.18. The highest BCUT2D eigenvalue weighted by Crippen LogP contribution is 2.10. The van der Waals surface area contributed by atoms with Crippen molar-refractivity contribution in [1.82, 2.24) is 5.32 Å². The van der Waals surface area contributed by atoms with Crippen molar-refractivity contribution in [3.05, 3.63) is 29.8 Å². The molecule has 23 heavy (non-hydrogen) atoms. The van der Waals surface area contributed by atoms with Crippen molar-refractivity contribution in [1.29, 1.82) is 0 Å². The Kier molecular flexibility index (Phi) is 9.20. The number of rotatable bonds is 9. The molecule has 0 heterocycles. The molecule has 0 aliphatic rings. The molecule has 1 aromatic rings. The molecule has 0 aliphatic heterocycles. The molecule has 0 aromatic heterocycles. The Bertz CT molecular complexity index is 487. The molecule has 0 bridgehead atoms. The fourth-order valence-corrected chi connectivity index (χ4v) is 1.99. The first-order chi connectivity index (χ1) is 11.1. The van der Waals surface area contributed by atoms with Crippen LogP contribution in [0.15, 0.2) is 24.3 Å². The highest BCUT2D eigenvalue weighted by molar-refractivity contribution is 7.80. The van der Waals surface area contributed by atoms with Crippen LogP contribution >= 0.6 is 12.2 Å². The minimum absolute atomic E-state index is 0.337. The second kappa shape index (κ2) is 10.9. The van der Waals surface area contributed by atoms with E-state index in [0.717, 1.165) is 5.69 Å². The number of anilines is 1. The van der Waals surface area contributed by atoms with Gasteiger partial charge in [-0.05, 0) is 57.3 Å². The van der Waals surface area contributed by atoms with Crippen LogP contribution in [-0.4, -0.2) is 43.7 Å². The molecule has 128 valence electrons. The SMILES string of the molecule is CCOC(=O)c1ccc(NC(=S)NCC(OCC)OCC)cc1. The molecule has 1 rings (SSSR count). The Labute approximate surface area is 142 Å². The molecule has 0 fully saturated rings. The zero-order valence-corrected chi connectivity index (χ0v) is 14.6. The standard InChI is InChI=1S/C16H24N2O4S/c1-4-20-14(21-5-2)11-17-16(23)18-13-9-7-12(8-10-13)15(19)22-6-3/h7-10,14H,4-6,11H2,1-3H3,(H2,17,18,23). The van der Waals surface area contributed by atoms with Gasteiger partial charge in [-0.2, -0.15) is 0 Å². The van der Waals surface area contributed by atoms with Crippen LogP contribution < -0.4 is 10.6 Å². The third-order valence-corrected chi connectivity index (χ3v) is 3.03. The lowest BCUT2D eigenvalue weighted by Crippen LogP contribution is -2.37. The van der Waals surface area contributed by atoms with Crippen molar-refractivity contribution in [3.63, 3.8) is 0 Å². The Hall–Kier alpha value is -1.70. The summed E-state index contributed by atoms with van der Waals surface area (Å²) in [4.78, 5) is 11.6. The van der Waals surface area contributed by atoms with E-state index in [4.69, 9.17) is 26.4 Å². The van der Waals surface area contributed by atoms with Gasteiger partial charge in [0, 0.05) is 18.9 Å². The molecule has 0 amide bonds. The van der Waals surface area contributed by atoms with E-state index < -0.39 is 0 Å². The summed E-state index contributed by atoms with van der Waals surface area (Å²) < 4.78 is 15.8. The average Bonchev–Trinajstić information content (AvgIpc) is 2.54. The first-order valence-electron chi connectivity index (χ1n) is 7.65. The van der Waals surface area contributed by atoms with Gasteiger partial charge >= 0.3 is 5.97 Å². The average molecular weight is 340 g/mol. The van der Waals surface area contributed by atoms with E-state index in [9.17, 15) is 4.79 Å². The maximum atomic E-state index is 11.6. The largest absolute Gasteiger partial charge is 0.462 e. The summed E-state index contributed by atoms with van der Waals surface area (Å²) >= 11 is 5.22. The molecule has 0 unspecified atom stereocenters. The molecule has 0 aliphatic carbocycles. The van der Waals surface area contributed by atoms with Gasteiger partial charge in [0.05, 0.1) is 18.7 Å². The molecule has 6 nitrogen and oxygen atoms in total. The highest BCUT2D eigenvalue weighted by Gasteiger charge is 2.09. The summed E-state index contributed by atoms with van der Waals surface area (Å²) in [5.74, 6) is -0.337. The topological polar surface area (TPSA) is 68.8 Å². The first kappa shape index (κ1) is 19.3. The number of esters is 1. The van der Waals surface area contributed by atoms with E-state index in [1.165, 1.54) is 0 Å². The summed E-state index contributed by atoms with van der Waals surface area (Å²) in [5, 5.41) is 6.53. The zero-order valence-electron chi connectivity index (χ0n) is 13.8. The van der Waals surface area contributed by atoms with Crippen molar-refractivity contribution in [3.8, 4) is 0 Å². The number of hydrogen-bond donors (Lipinski definition) is 2. The Morgan fingerprint density at radius 1 is 1.09 bits per heavy atom. The predicted octanol–water partition coefficient (Wildman–Crippen LogP) is 2.55. The number of nitrogens with one attached hydrogen (secondary N) is 2. The lowest BCUT2D eigenvalue weighted by molar-refractivity contribution is -0.130. The number of thiocarbonyl (C=S) groups is 1. The summed E-state index contributed by atoms with van der Waals surface area (Å²) in [6.45, 7) is 7.54. The quantitative estimate of drug-likeness (QED) is 0.407. The van der Waals surface area contributed by atoms with Crippen molar-refractivity contribution in [2.24, 2.45) is 0 Å². The van der Waals surface area contributed by atoms with E-state index in [2.05, 4.69) is 10.6 Å². The summed E-state index contributed by atoms with van der Waals surface area (Å²) in [6.07, 6.45) is -0.337. The van der Waals surface area contributed by atoms with Gasteiger partial charge < -0.3 is 24.8 Å². The minimum Gasteiger partial charge on any atom is -0.462 e. The normalized spacial score (nSPS) is 10.4. The highest BCUT2D eigenvalue weighted by atomic mass is 32.1. The molecular formula is C16H24N2O4S. The number of carbonyl (C=O) groups is 1. The molecule has 0 radical (unpaired) electrons. The summed E-state index contributed by atoms with van der Waals surface area (Å²) in [6, 6.07) is 6.91.